The number of nitrogens with two attached hydrogens (primary N) is 1. The average molecular weight is 2240 g/mol. The van der Waals surface area contributed by atoms with Crippen LogP contribution < -0.4 is 5.73 Å². The van der Waals surface area contributed by atoms with Crippen LogP contribution in [-0.4, -0.2) is 269 Å². The van der Waals surface area contributed by atoms with Gasteiger partial charge in [-0.25, -0.2) is 92.5 Å². The summed E-state index contributed by atoms with van der Waals surface area (Å²) in [4.78, 5) is 80.9. The fraction of sp³-hybridized carbons (Fsp3) is 0.372. The molecule has 38 nitrogen and oxygen atoms in total. The van der Waals surface area contributed by atoms with E-state index < -0.39 is 261 Å². The maximum Gasteiger partial charge on any atom is 0.426 e. The van der Waals surface area contributed by atoms with E-state index in [0.29, 0.717) is 39.1 Å². The van der Waals surface area contributed by atoms with Gasteiger partial charge in [0.2, 0.25) is 42.7 Å². The lowest BCUT2D eigenvalue weighted by atomic mass is 10.1. The summed E-state index contributed by atoms with van der Waals surface area (Å²) < 4.78 is 511. The zero-order valence-electron chi connectivity index (χ0n) is 73.4. The second-order valence-corrected chi connectivity index (χ2v) is 39.2. The van der Waals surface area contributed by atoms with Crippen molar-refractivity contribution in [1.29, 1.82) is 0 Å². The number of esters is 7. The van der Waals surface area contributed by atoms with Gasteiger partial charge in [0.15, 0.2) is 0 Å². The number of benzene rings is 7. The lowest BCUT2D eigenvalue weighted by molar-refractivity contribution is -0.197. The van der Waals surface area contributed by atoms with Crippen molar-refractivity contribution < 1.29 is 260 Å². The quantitative estimate of drug-likeness (QED) is 0.0135. The van der Waals surface area contributed by atoms with Crippen LogP contribution >= 0.6 is 0 Å². The fourth-order valence-corrected chi connectivity index (χ4v) is 14.0. The van der Waals surface area contributed by atoms with Gasteiger partial charge in [-0.2, -0.15) is 92.2 Å². The summed E-state index contributed by atoms with van der Waals surface area (Å²) in [6.45, 7) is 12.8. The molecule has 0 saturated carbocycles. The molecule has 0 aromatic heterocycles. The van der Waals surface area contributed by atoms with Crippen LogP contribution in [-0.2, 0) is 104 Å². The summed E-state index contributed by atoms with van der Waals surface area (Å²) in [5.41, 5.74) is 8.47. The largest absolute Gasteiger partial charge is 0.748 e. The Kier molecular flexibility index (Phi) is 47.2. The summed E-state index contributed by atoms with van der Waals surface area (Å²) in [6.07, 6.45) is -57.4. The molecule has 0 bridgehead atoms. The maximum atomic E-state index is 12.6. The van der Waals surface area contributed by atoms with Gasteiger partial charge in [0.1, 0.15) is 22.6 Å². The van der Waals surface area contributed by atoms with Crippen molar-refractivity contribution in [1.82, 2.24) is 0 Å². The number of carbonyl (C=O) groups is 7. The van der Waals surface area contributed by atoms with Crippen molar-refractivity contribution in [3.05, 3.63) is 229 Å². The third kappa shape index (κ3) is 52.1. The van der Waals surface area contributed by atoms with Gasteiger partial charge >= 0.3 is 85.0 Å². The molecule has 808 valence electrons. The van der Waals surface area contributed by atoms with Crippen molar-refractivity contribution in [3.63, 3.8) is 0 Å². The highest BCUT2D eigenvalue weighted by atomic mass is 32.2. The Bertz CT molecular complexity index is 6390. The maximum absolute atomic E-state index is 12.6. The van der Waals surface area contributed by atoms with Crippen LogP contribution in [0.4, 0.5) is 97.9 Å². The number of aromatic hydroxyl groups is 2. The molecule has 7 aromatic rings. The topological polar surface area (TPSA) is 651 Å². The van der Waals surface area contributed by atoms with E-state index >= 15 is 0 Å². The molecule has 7 unspecified atom stereocenters. The summed E-state index contributed by atoms with van der Waals surface area (Å²) in [6, 6.07) is 31.3. The smallest absolute Gasteiger partial charge is 0.426 e. The van der Waals surface area contributed by atoms with Gasteiger partial charge < -0.3 is 81.0 Å². The molecule has 0 aliphatic carbocycles. The number of hydrogen-bond acceptors (Lipinski definition) is 38. The van der Waals surface area contributed by atoms with E-state index in [9.17, 15) is 227 Å². The van der Waals surface area contributed by atoms with Crippen LogP contribution in [0.1, 0.15) is 117 Å². The third-order valence-electron chi connectivity index (χ3n) is 16.7. The molecule has 0 radical (unpaired) electrons. The number of alkyl halides is 21. The van der Waals surface area contributed by atoms with Gasteiger partial charge in [0, 0.05) is 5.69 Å². The van der Waals surface area contributed by atoms with E-state index in [1.807, 2.05) is 0 Å². The van der Waals surface area contributed by atoms with Crippen LogP contribution in [0.25, 0.3) is 0 Å². The molecule has 0 heterocycles. The average Bonchev–Trinajstić information content (AvgIpc) is 0.792. The molecule has 7 rings (SSSR count). The van der Waals surface area contributed by atoms with Crippen molar-refractivity contribution in [2.75, 3.05) is 46.0 Å². The standard InChI is InChI=1S/C12H13F3O5S.C11H12F3NO5S.2C11H11F3O6S.3C11H11F3O5S/c1-7-3-4-9(5-8(7)2)11(16)20-10(12(13,14)15)6-21(17,18)19;1-6-4-7(2-3-8(6)15)10(16)20-9(11(12,13)14)5-21(17,18)19;1-6-2-3-8(15)7(4-6)10(16)20-9(11(12,13)14)5-21(17,18)19;1-6-2-3-7(8(15)4-6)10(16)20-9(11(12,13)14)5-21(17,18)19;1-7-2-4-8(5-3-7)10(15)19-9(11(12,13)14)6-20(16,17)18;1-7-3-2-4-8(5-7)10(15)19-9(11(12,13)14)6-20(16,17)18;1-7-4-2-3-5-8(7)10(15)19-9(11(12,13)14)6-20(16,17)18/h3-5,10H,6H2,1-2H3,(H,17,18,19);2-4,9H,5,15H2,1H3,(H,17,18,19);2*2-4,9,15H,5H2,1H3,(H,17,18,19);3*2-5,9H,6H2,1H3,(H,16,17,18)/p-7. The predicted molar refractivity (Wildman–Crippen MR) is 439 cm³/mol. The number of phenolic OH excluding ortho intramolecular Hbond substituents is 2. The van der Waals surface area contributed by atoms with E-state index in [0.717, 1.165) is 41.5 Å². The van der Waals surface area contributed by atoms with Crippen molar-refractivity contribution in [2.24, 2.45) is 0 Å². The number of anilines is 1. The van der Waals surface area contributed by atoms with Gasteiger partial charge in [-0.1, -0.05) is 77.4 Å². The number of nitrogen functional groups attached to an aromatic ring is 1. The minimum atomic E-state index is -5.26. The normalized spacial score (nSPS) is 13.8. The monoisotopic (exact) mass is 2240 g/mol. The molecule has 0 saturated heterocycles. The number of hydrogen-bond donors (Lipinski definition) is 3. The predicted octanol–water partition coefficient (Wildman–Crippen LogP) is 10.7. The Balaban J connectivity index is 0.000000840. The van der Waals surface area contributed by atoms with Crippen LogP contribution in [0, 0.1) is 55.4 Å². The Labute approximate surface area is 802 Å². The number of carbonyl (C=O) groups excluding carboxylic acids is 7. The summed E-state index contributed by atoms with van der Waals surface area (Å²) in [7, 11) is -36.5. The number of aryl methyl sites for hydroxylation is 8. The molecule has 0 spiro atoms. The number of ether oxygens (including phenoxy) is 7. The molecule has 7 aromatic carbocycles. The van der Waals surface area contributed by atoms with Gasteiger partial charge in [-0.05, 0) is 168 Å². The molecule has 7 atom stereocenters. The van der Waals surface area contributed by atoms with E-state index in [-0.39, 0.29) is 27.8 Å². The Morgan fingerprint density at radius 1 is 0.250 bits per heavy atom. The molecule has 144 heavy (non-hydrogen) atoms. The van der Waals surface area contributed by atoms with E-state index in [1.54, 1.807) is 46.8 Å². The lowest BCUT2D eigenvalue weighted by Gasteiger charge is -2.22. The van der Waals surface area contributed by atoms with Crippen LogP contribution in [0.3, 0.4) is 0 Å². The zero-order chi connectivity index (χ0) is 112. The van der Waals surface area contributed by atoms with E-state index in [2.05, 4.69) is 33.2 Å². The molecule has 0 fully saturated rings. The Hall–Kier alpha value is -11.9. The Morgan fingerprint density at radius 2 is 0.507 bits per heavy atom. The zero-order valence-corrected chi connectivity index (χ0v) is 79.1. The van der Waals surface area contributed by atoms with Crippen molar-refractivity contribution in [3.8, 4) is 11.5 Å². The summed E-state index contributed by atoms with van der Waals surface area (Å²) in [5.74, 6) is -24.4. The van der Waals surface area contributed by atoms with E-state index in [1.165, 1.54) is 124 Å². The number of halogens is 21. The third-order valence-corrected chi connectivity index (χ3v) is 21.7. The highest BCUT2D eigenvalue weighted by molar-refractivity contribution is 7.87. The fourth-order valence-electron chi connectivity index (χ4n) is 9.59. The van der Waals surface area contributed by atoms with Gasteiger partial charge in [-0.15, -0.1) is 0 Å². The first-order valence-corrected chi connectivity index (χ1v) is 48.8. The van der Waals surface area contributed by atoms with Gasteiger partial charge in [-0.3, -0.25) is 0 Å². The molecule has 0 aliphatic rings. The van der Waals surface area contributed by atoms with E-state index in [4.69, 9.17) is 5.73 Å². The minimum Gasteiger partial charge on any atom is -0.748 e. The highest BCUT2D eigenvalue weighted by Gasteiger charge is 2.51. The van der Waals surface area contributed by atoms with Crippen LogP contribution in [0.15, 0.2) is 146 Å². The first-order valence-electron chi connectivity index (χ1n) is 37.8. The van der Waals surface area contributed by atoms with Crippen molar-refractivity contribution >= 4 is 118 Å². The number of rotatable bonds is 28. The van der Waals surface area contributed by atoms with Crippen molar-refractivity contribution in [2.45, 2.75) is 141 Å². The Morgan fingerprint density at radius 3 is 0.806 bits per heavy atom. The van der Waals surface area contributed by atoms with Crippen LogP contribution in [0.5, 0.6) is 11.5 Å². The highest BCUT2D eigenvalue weighted by Crippen LogP contribution is 2.34. The molecule has 66 heteroatoms. The van der Waals surface area contributed by atoms with Gasteiger partial charge in [0.05, 0.1) is 139 Å². The molecular weight excluding hydrogens is 2170 g/mol. The first-order chi connectivity index (χ1) is 64.6. The molecule has 4 N–H and O–H groups in total. The molecular formula is C78H73F21NO37S7-7. The lowest BCUT2D eigenvalue weighted by Crippen LogP contribution is -2.39. The minimum absolute atomic E-state index is 0.134. The second kappa shape index (κ2) is 52.3. The SMILES string of the molecule is Cc1cc(C(=O)OC(CS(=O)(=O)[O-])C(F)(F)F)ccc1N.Cc1ccc(C(=O)OC(CS(=O)(=O)[O-])C(F)(F)F)c(O)c1.Cc1ccc(C(=O)OC(CS(=O)(=O)[O-])C(F)(F)F)cc1.Cc1ccc(C(=O)OC(CS(=O)(=O)[O-])C(F)(F)F)cc1C.Cc1ccc(O)c(C(=O)OC(CS(=O)(=O)[O-])C(F)(F)F)c1.Cc1cccc(C(=O)OC(CS(=O)(=O)[O-])C(F)(F)F)c1.Cc1ccccc1C(=O)OC(CS(=O)(=O)[O-])C(F)(F)F. The molecule has 0 amide bonds. The van der Waals surface area contributed by atoms with Gasteiger partial charge in [0.25, 0.3) is 0 Å². The first kappa shape index (κ1) is 130. The number of phenols is 2. The summed E-state index contributed by atoms with van der Waals surface area (Å²) >= 11 is 0. The summed E-state index contributed by atoms with van der Waals surface area (Å²) in [5, 5.41) is 18.8. The second-order valence-electron chi connectivity index (χ2n) is 29.1. The molecule has 0 aliphatic heterocycles. The van der Waals surface area contributed by atoms with Crippen LogP contribution in [0.2, 0.25) is 0 Å².